The summed E-state index contributed by atoms with van der Waals surface area (Å²) in [4.78, 5) is 2.41. The number of para-hydroxylation sites is 4. The van der Waals surface area contributed by atoms with Gasteiger partial charge in [-0.1, -0.05) is 194 Å². The number of aromatic nitrogens is 1. The Labute approximate surface area is 401 Å². The van der Waals surface area contributed by atoms with Crippen molar-refractivity contribution < 1.29 is 4.42 Å². The molecule has 0 saturated heterocycles. The highest BCUT2D eigenvalue weighted by atomic mass is 16.3. The van der Waals surface area contributed by atoms with E-state index in [0.29, 0.717) is 0 Å². The molecule has 0 atom stereocenters. The number of hydrogen-bond acceptors (Lipinski definition) is 2. The van der Waals surface area contributed by atoms with Gasteiger partial charge in [-0.25, -0.2) is 0 Å². The molecule has 0 spiro atoms. The van der Waals surface area contributed by atoms with Crippen molar-refractivity contribution >= 4 is 60.8 Å². The molecule has 2 heterocycles. The van der Waals surface area contributed by atoms with Crippen LogP contribution < -0.4 is 4.90 Å². The van der Waals surface area contributed by atoms with Crippen molar-refractivity contribution in [2.45, 2.75) is 0 Å². The van der Waals surface area contributed by atoms with E-state index in [1.54, 1.807) is 0 Å². The number of furan rings is 1. The van der Waals surface area contributed by atoms with Gasteiger partial charge in [0, 0.05) is 44.0 Å². The van der Waals surface area contributed by atoms with Crippen LogP contribution >= 0.6 is 0 Å². The molecule has 0 aliphatic rings. The lowest BCUT2D eigenvalue weighted by atomic mass is 9.97. The van der Waals surface area contributed by atoms with Crippen molar-refractivity contribution in [2.75, 3.05) is 4.90 Å². The van der Waals surface area contributed by atoms with Crippen molar-refractivity contribution in [1.29, 1.82) is 0 Å². The van der Waals surface area contributed by atoms with Crippen LogP contribution in [0.4, 0.5) is 17.1 Å². The van der Waals surface area contributed by atoms with Crippen LogP contribution in [0.5, 0.6) is 0 Å². The standard InChI is InChI=1S/C66H44N2O/c1-3-16-45(17-4-1)51-36-40-59-60-41-37-52(44-66(60)69-65(59)43-51)56-23-8-12-27-62(56)67(61-26-11-7-22-55(61)49-18-5-2-6-19-49)53-38-34-47(35-39-53)46-30-32-48(33-31-46)50-20-15-21-54(42-50)68-63-28-13-9-24-57(63)58-25-10-14-29-64(58)68/h1-44H. The van der Waals surface area contributed by atoms with E-state index in [0.717, 1.165) is 83.6 Å². The Morgan fingerprint density at radius 1 is 0.275 bits per heavy atom. The van der Waals surface area contributed by atoms with E-state index >= 15 is 0 Å². The van der Waals surface area contributed by atoms with E-state index in [9.17, 15) is 0 Å². The molecule has 0 radical (unpaired) electrons. The number of anilines is 3. The predicted octanol–water partition coefficient (Wildman–Crippen LogP) is 18.5. The third kappa shape index (κ3) is 7.16. The fourth-order valence-electron chi connectivity index (χ4n) is 10.3. The van der Waals surface area contributed by atoms with E-state index in [-0.39, 0.29) is 0 Å². The maximum Gasteiger partial charge on any atom is 0.136 e. The van der Waals surface area contributed by atoms with Crippen molar-refractivity contribution in [2.24, 2.45) is 0 Å². The Hall–Kier alpha value is -9.18. The topological polar surface area (TPSA) is 21.3 Å². The highest BCUT2D eigenvalue weighted by Gasteiger charge is 2.21. The van der Waals surface area contributed by atoms with Crippen LogP contribution in [-0.4, -0.2) is 4.57 Å². The molecule has 3 nitrogen and oxygen atoms in total. The van der Waals surface area contributed by atoms with Crippen molar-refractivity contribution in [3.05, 3.63) is 267 Å². The fraction of sp³-hybridized carbons (Fsp3) is 0. The molecule has 0 bridgehead atoms. The summed E-state index contributed by atoms with van der Waals surface area (Å²) in [7, 11) is 0. The van der Waals surface area contributed by atoms with Crippen LogP contribution in [0, 0.1) is 0 Å². The molecule has 0 saturated carbocycles. The Bertz CT molecular complexity index is 3940. The Balaban J connectivity index is 0.865. The Kier molecular flexibility index (Phi) is 9.84. The van der Waals surface area contributed by atoms with Crippen LogP contribution in [0.15, 0.2) is 271 Å². The molecule has 0 aliphatic heterocycles. The highest BCUT2D eigenvalue weighted by molar-refractivity contribution is 6.10. The molecule has 0 fully saturated rings. The van der Waals surface area contributed by atoms with Gasteiger partial charge in [-0.2, -0.15) is 0 Å². The van der Waals surface area contributed by atoms with E-state index in [1.807, 2.05) is 6.07 Å². The minimum atomic E-state index is 0.866. The summed E-state index contributed by atoms with van der Waals surface area (Å²) in [6.45, 7) is 0. The molecule has 11 aromatic carbocycles. The van der Waals surface area contributed by atoms with Crippen molar-refractivity contribution in [3.8, 4) is 61.3 Å². The monoisotopic (exact) mass is 880 g/mol. The van der Waals surface area contributed by atoms with Crippen molar-refractivity contribution in [3.63, 3.8) is 0 Å². The second kappa shape index (κ2) is 16.9. The number of hydrogen-bond donors (Lipinski definition) is 0. The fourth-order valence-corrected chi connectivity index (χ4v) is 10.3. The molecule has 13 rings (SSSR count). The molecule has 69 heavy (non-hydrogen) atoms. The Morgan fingerprint density at radius 2 is 0.696 bits per heavy atom. The van der Waals surface area contributed by atoms with Crippen LogP contribution in [0.25, 0.3) is 105 Å². The largest absolute Gasteiger partial charge is 0.456 e. The molecule has 13 aromatic rings. The third-order valence-corrected chi connectivity index (χ3v) is 13.6. The third-order valence-electron chi connectivity index (χ3n) is 13.6. The lowest BCUT2D eigenvalue weighted by Crippen LogP contribution is -2.12. The molecule has 0 unspecified atom stereocenters. The Morgan fingerprint density at radius 3 is 1.32 bits per heavy atom. The van der Waals surface area contributed by atoms with Gasteiger partial charge in [-0.3, -0.25) is 0 Å². The average Bonchev–Trinajstić information content (AvgIpc) is 3.97. The van der Waals surface area contributed by atoms with E-state index in [1.165, 1.54) is 38.5 Å². The van der Waals surface area contributed by atoms with Crippen LogP contribution in [-0.2, 0) is 0 Å². The van der Waals surface area contributed by atoms with Gasteiger partial charge in [0.15, 0.2) is 0 Å². The minimum Gasteiger partial charge on any atom is -0.456 e. The lowest BCUT2D eigenvalue weighted by Gasteiger charge is -2.30. The van der Waals surface area contributed by atoms with Crippen LogP contribution in [0.3, 0.4) is 0 Å². The lowest BCUT2D eigenvalue weighted by molar-refractivity contribution is 0.669. The van der Waals surface area contributed by atoms with Gasteiger partial charge in [0.05, 0.1) is 22.4 Å². The molecule has 3 heteroatoms. The first-order chi connectivity index (χ1) is 34.2. The number of nitrogens with zero attached hydrogens (tertiary/aromatic N) is 2. The van der Waals surface area contributed by atoms with Gasteiger partial charge in [-0.05, 0) is 117 Å². The molecular formula is C66H44N2O. The highest BCUT2D eigenvalue weighted by Crippen LogP contribution is 2.46. The summed E-state index contributed by atoms with van der Waals surface area (Å²) in [6.07, 6.45) is 0. The van der Waals surface area contributed by atoms with Crippen LogP contribution in [0.2, 0.25) is 0 Å². The number of fused-ring (bicyclic) bond motifs is 6. The maximum absolute atomic E-state index is 6.64. The first kappa shape index (κ1) is 40.1. The smallest absolute Gasteiger partial charge is 0.136 e. The summed E-state index contributed by atoms with van der Waals surface area (Å²) in [5.74, 6) is 0. The normalized spacial score (nSPS) is 11.5. The number of rotatable bonds is 9. The summed E-state index contributed by atoms with van der Waals surface area (Å²) < 4.78 is 9.02. The molecule has 324 valence electrons. The zero-order chi connectivity index (χ0) is 45.7. The van der Waals surface area contributed by atoms with Gasteiger partial charge >= 0.3 is 0 Å². The maximum atomic E-state index is 6.64. The zero-order valence-electron chi connectivity index (χ0n) is 37.7. The first-order valence-electron chi connectivity index (χ1n) is 23.6. The SMILES string of the molecule is c1ccc(-c2ccc3c(c2)oc2cc(-c4ccccc4N(c4ccc(-c5ccc(-c6cccc(-n7c8ccccc8c8ccccc87)c6)cc5)cc4)c4ccccc4-c4ccccc4)ccc23)cc1. The van der Waals surface area contributed by atoms with Gasteiger partial charge in [0.2, 0.25) is 0 Å². The summed E-state index contributed by atoms with van der Waals surface area (Å²) in [5.41, 5.74) is 20.0. The van der Waals surface area contributed by atoms with Crippen molar-refractivity contribution in [1.82, 2.24) is 4.57 Å². The second-order valence-electron chi connectivity index (χ2n) is 17.7. The van der Waals surface area contributed by atoms with Gasteiger partial charge < -0.3 is 13.9 Å². The molecular weight excluding hydrogens is 837 g/mol. The van der Waals surface area contributed by atoms with Gasteiger partial charge in [-0.15, -0.1) is 0 Å². The van der Waals surface area contributed by atoms with Gasteiger partial charge in [0.25, 0.3) is 0 Å². The van der Waals surface area contributed by atoms with E-state index < -0.39 is 0 Å². The van der Waals surface area contributed by atoms with Crippen LogP contribution in [0.1, 0.15) is 0 Å². The van der Waals surface area contributed by atoms with Gasteiger partial charge in [0.1, 0.15) is 11.2 Å². The predicted molar refractivity (Wildman–Crippen MR) is 290 cm³/mol. The molecule has 0 N–H and O–H groups in total. The number of benzene rings is 11. The molecule has 0 amide bonds. The summed E-state index contributed by atoms with van der Waals surface area (Å²) in [5, 5.41) is 4.75. The quantitative estimate of drug-likeness (QED) is 0.144. The zero-order valence-corrected chi connectivity index (χ0v) is 37.7. The van der Waals surface area contributed by atoms with E-state index in [2.05, 4.69) is 270 Å². The summed E-state index contributed by atoms with van der Waals surface area (Å²) in [6, 6.07) is 96.0. The first-order valence-corrected chi connectivity index (χ1v) is 23.6. The average molecular weight is 881 g/mol. The molecule has 0 aliphatic carbocycles. The molecule has 2 aromatic heterocycles. The second-order valence-corrected chi connectivity index (χ2v) is 17.7. The minimum absolute atomic E-state index is 0.866. The van der Waals surface area contributed by atoms with E-state index in [4.69, 9.17) is 4.42 Å². The summed E-state index contributed by atoms with van der Waals surface area (Å²) >= 11 is 0.